The van der Waals surface area contributed by atoms with Gasteiger partial charge in [-0.1, -0.05) is 60.7 Å². The number of aromatic nitrogens is 2. The van der Waals surface area contributed by atoms with Crippen LogP contribution in [-0.2, 0) is 0 Å². The highest BCUT2D eigenvalue weighted by molar-refractivity contribution is 6.89. The predicted molar refractivity (Wildman–Crippen MR) is 111 cm³/mol. The van der Waals surface area contributed by atoms with E-state index in [1.54, 1.807) is 0 Å². The first-order valence-electron chi connectivity index (χ1n) is 9.22. The van der Waals surface area contributed by atoms with Crippen LogP contribution in [0.15, 0.2) is 83.7 Å². The van der Waals surface area contributed by atoms with Gasteiger partial charge in [-0.2, -0.15) is 0 Å². The summed E-state index contributed by atoms with van der Waals surface area (Å²) in [6.07, 6.45) is 0. The summed E-state index contributed by atoms with van der Waals surface area (Å²) in [6.45, 7) is -0.0744. The minimum absolute atomic E-state index is 0.0744. The van der Waals surface area contributed by atoms with E-state index in [0.29, 0.717) is 0 Å². The lowest BCUT2D eigenvalue weighted by atomic mass is 9.46. The molecule has 0 atom stereocenters. The van der Waals surface area contributed by atoms with E-state index < -0.39 is 0 Å². The molecule has 0 aliphatic carbocycles. The van der Waals surface area contributed by atoms with E-state index in [2.05, 4.69) is 59.3 Å². The highest BCUT2D eigenvalue weighted by atomic mass is 16.1. The van der Waals surface area contributed by atoms with E-state index in [1.165, 1.54) is 32.8 Å². The third-order valence-electron chi connectivity index (χ3n) is 6.14. The zero-order valence-corrected chi connectivity index (χ0v) is 14.4. The summed E-state index contributed by atoms with van der Waals surface area (Å²) in [7, 11) is 0. The third-order valence-corrected chi connectivity index (χ3v) is 6.14. The van der Waals surface area contributed by atoms with Crippen molar-refractivity contribution in [2.45, 2.75) is 0 Å². The van der Waals surface area contributed by atoms with Crippen molar-refractivity contribution < 1.29 is 0 Å². The molecule has 3 nitrogen and oxygen atoms in total. The topological polar surface area (TPSA) is 26.9 Å². The molecule has 7 rings (SSSR count). The lowest BCUT2D eigenvalue weighted by molar-refractivity contribution is 0.830. The molecule has 0 spiro atoms. The maximum atomic E-state index is 13.4. The maximum absolute atomic E-state index is 13.4. The van der Waals surface area contributed by atoms with Gasteiger partial charge in [-0.3, -0.25) is 14.1 Å². The fourth-order valence-electron chi connectivity index (χ4n) is 5.12. The van der Waals surface area contributed by atoms with E-state index in [9.17, 15) is 4.79 Å². The van der Waals surface area contributed by atoms with Gasteiger partial charge < -0.3 is 0 Å². The lowest BCUT2D eigenvalue weighted by Gasteiger charge is -2.23. The largest absolute Gasteiger partial charge is 0.354 e. The van der Waals surface area contributed by atoms with Gasteiger partial charge in [-0.05, 0) is 51.0 Å². The highest BCUT2D eigenvalue weighted by Crippen LogP contribution is 2.35. The Bertz CT molecular complexity index is 1510. The fourth-order valence-corrected chi connectivity index (χ4v) is 5.12. The molecule has 0 unspecified atom stereocenters. The van der Waals surface area contributed by atoms with Gasteiger partial charge in [0.25, 0.3) is 5.56 Å². The average Bonchev–Trinajstić information content (AvgIpc) is 3.22. The minimum Gasteiger partial charge on any atom is -0.281 e. The van der Waals surface area contributed by atoms with Crippen molar-refractivity contribution in [3.8, 4) is 16.8 Å². The molecule has 124 valence electrons. The molecule has 0 bridgehead atoms. The van der Waals surface area contributed by atoms with E-state index in [4.69, 9.17) is 0 Å². The van der Waals surface area contributed by atoms with Crippen molar-refractivity contribution in [3.63, 3.8) is 0 Å². The molecule has 0 saturated heterocycles. The Labute approximate surface area is 155 Å². The molecule has 0 fully saturated rings. The number of benzene rings is 4. The molecule has 0 N–H and O–H groups in total. The van der Waals surface area contributed by atoms with Crippen molar-refractivity contribution in [1.82, 2.24) is 9.27 Å². The van der Waals surface area contributed by atoms with Gasteiger partial charge >= 0.3 is 6.85 Å². The van der Waals surface area contributed by atoms with Crippen molar-refractivity contribution in [2.24, 2.45) is 0 Å². The molecule has 4 aromatic carbocycles. The molecule has 27 heavy (non-hydrogen) atoms. The summed E-state index contributed by atoms with van der Waals surface area (Å²) in [6, 6.07) is 27.2. The predicted octanol–water partition coefficient (Wildman–Crippen LogP) is 2.89. The Balaban J connectivity index is 1.80. The quantitative estimate of drug-likeness (QED) is 0.389. The van der Waals surface area contributed by atoms with Crippen LogP contribution in [0, 0.1) is 0 Å². The molecular formula is C23H13BN2O. The Morgan fingerprint density at radius 1 is 0.741 bits per heavy atom. The molecule has 0 radical (unpaired) electrons. The van der Waals surface area contributed by atoms with Gasteiger partial charge in [0.05, 0.1) is 16.6 Å². The Hall–Kier alpha value is -3.53. The summed E-state index contributed by atoms with van der Waals surface area (Å²) < 4.78 is 4.07. The first kappa shape index (κ1) is 13.6. The van der Waals surface area contributed by atoms with Crippen LogP contribution in [0.1, 0.15) is 0 Å². The lowest BCUT2D eigenvalue weighted by Crippen LogP contribution is -2.52. The van der Waals surface area contributed by atoms with Gasteiger partial charge in [-0.25, -0.2) is 0 Å². The summed E-state index contributed by atoms with van der Waals surface area (Å²) in [5, 5.41) is 3.28. The SMILES string of the molecule is O=c1c2ccccc2n2n1B1c3ccccc3-c3cccc4ccc-2c1c34. The third kappa shape index (κ3) is 1.42. The van der Waals surface area contributed by atoms with Crippen LogP contribution in [0.2, 0.25) is 0 Å². The fraction of sp³-hybridized carbons (Fsp3) is 0. The van der Waals surface area contributed by atoms with E-state index in [1.807, 2.05) is 28.9 Å². The van der Waals surface area contributed by atoms with Crippen LogP contribution in [-0.4, -0.2) is 16.1 Å². The van der Waals surface area contributed by atoms with Crippen LogP contribution in [0.3, 0.4) is 0 Å². The second-order valence-corrected chi connectivity index (χ2v) is 7.37. The molecule has 0 amide bonds. The van der Waals surface area contributed by atoms with Gasteiger partial charge in [-0.15, -0.1) is 0 Å². The number of hydrogen-bond acceptors (Lipinski definition) is 1. The normalized spacial score (nSPS) is 13.3. The van der Waals surface area contributed by atoms with Crippen molar-refractivity contribution >= 4 is 39.4 Å². The van der Waals surface area contributed by atoms with Crippen LogP contribution in [0.5, 0.6) is 0 Å². The number of fused-ring (bicyclic) bond motifs is 8. The molecule has 3 heterocycles. The Morgan fingerprint density at radius 2 is 1.56 bits per heavy atom. The smallest absolute Gasteiger partial charge is 0.281 e. The molecule has 4 heteroatoms. The van der Waals surface area contributed by atoms with E-state index >= 15 is 0 Å². The van der Waals surface area contributed by atoms with Crippen LogP contribution in [0.25, 0.3) is 38.5 Å². The van der Waals surface area contributed by atoms with E-state index in [-0.39, 0.29) is 12.4 Å². The number of para-hydroxylation sites is 1. The Kier molecular flexibility index (Phi) is 2.23. The molecule has 5 aromatic rings. The van der Waals surface area contributed by atoms with Gasteiger partial charge in [0.2, 0.25) is 0 Å². The minimum atomic E-state index is -0.0744. The van der Waals surface area contributed by atoms with Crippen LogP contribution < -0.4 is 16.5 Å². The zero-order chi connectivity index (χ0) is 17.7. The Morgan fingerprint density at radius 3 is 2.52 bits per heavy atom. The number of rotatable bonds is 0. The maximum Gasteiger partial charge on any atom is 0.354 e. The first-order valence-corrected chi connectivity index (χ1v) is 9.22. The molecule has 2 aliphatic heterocycles. The van der Waals surface area contributed by atoms with Crippen LogP contribution in [0.4, 0.5) is 0 Å². The van der Waals surface area contributed by atoms with Crippen molar-refractivity contribution in [1.29, 1.82) is 0 Å². The van der Waals surface area contributed by atoms with Gasteiger partial charge in [0.15, 0.2) is 0 Å². The second-order valence-electron chi connectivity index (χ2n) is 7.37. The van der Waals surface area contributed by atoms with E-state index in [0.717, 1.165) is 16.6 Å². The standard InChI is InChI=1S/C23H13BN2O/c27-23-17-8-2-4-11-19(17)25-20-13-12-14-6-5-9-16-15-7-1-3-10-18(15)24(26(23)25)22(20)21(14)16/h1-13H. The molecular weight excluding hydrogens is 331 g/mol. The summed E-state index contributed by atoms with van der Waals surface area (Å²) in [5.74, 6) is 0. The molecule has 2 aliphatic rings. The van der Waals surface area contributed by atoms with Gasteiger partial charge in [0, 0.05) is 0 Å². The summed E-state index contributed by atoms with van der Waals surface area (Å²) >= 11 is 0. The average molecular weight is 344 g/mol. The van der Waals surface area contributed by atoms with Crippen molar-refractivity contribution in [2.75, 3.05) is 0 Å². The molecule has 0 saturated carbocycles. The summed E-state index contributed by atoms with van der Waals surface area (Å²) in [4.78, 5) is 13.4. The molecule has 1 aromatic heterocycles. The monoisotopic (exact) mass is 344 g/mol. The number of hydrogen-bond donors (Lipinski definition) is 0. The highest BCUT2D eigenvalue weighted by Gasteiger charge is 2.42. The number of nitrogens with zero attached hydrogens (tertiary/aromatic N) is 2. The summed E-state index contributed by atoms with van der Waals surface area (Å²) in [5.41, 5.74) is 7.12. The van der Waals surface area contributed by atoms with Gasteiger partial charge in [0.1, 0.15) is 0 Å². The first-order chi connectivity index (χ1) is 13.3. The zero-order valence-electron chi connectivity index (χ0n) is 14.4. The van der Waals surface area contributed by atoms with Crippen LogP contribution >= 0.6 is 0 Å². The second kappa shape index (κ2) is 4.41. The van der Waals surface area contributed by atoms with Crippen molar-refractivity contribution in [3.05, 3.63) is 89.2 Å².